The molecule has 2 atom stereocenters. The molecule has 0 radical (unpaired) electrons. The van der Waals surface area contributed by atoms with Gasteiger partial charge < -0.3 is 9.84 Å². The molecule has 2 unspecified atom stereocenters. The first-order valence-electron chi connectivity index (χ1n) is 5.87. The minimum absolute atomic E-state index is 0.0609. The number of hydrogen-bond acceptors (Lipinski definition) is 3. The Morgan fingerprint density at radius 3 is 2.27 bits per heavy atom. The zero-order chi connectivity index (χ0) is 11.8. The van der Waals surface area contributed by atoms with Crippen molar-refractivity contribution in [2.45, 2.75) is 53.1 Å². The molecule has 0 saturated heterocycles. The van der Waals surface area contributed by atoms with Gasteiger partial charge >= 0.3 is 5.97 Å². The second kappa shape index (κ2) is 7.69. The highest BCUT2D eigenvalue weighted by Gasteiger charge is 2.26. The highest BCUT2D eigenvalue weighted by molar-refractivity contribution is 5.69. The normalized spacial score (nSPS) is 15.1. The number of esters is 1. The Morgan fingerprint density at radius 1 is 1.33 bits per heavy atom. The van der Waals surface area contributed by atoms with Gasteiger partial charge in [-0.25, -0.2) is 0 Å². The minimum atomic E-state index is -0.154. The quantitative estimate of drug-likeness (QED) is 0.665. The lowest BCUT2D eigenvalue weighted by Gasteiger charge is -2.27. The van der Waals surface area contributed by atoms with E-state index in [4.69, 9.17) is 4.74 Å². The van der Waals surface area contributed by atoms with Gasteiger partial charge in [-0.2, -0.15) is 0 Å². The number of ether oxygens (including phenoxy) is 1. The smallest absolute Gasteiger partial charge is 0.306 e. The van der Waals surface area contributed by atoms with Gasteiger partial charge in [0.05, 0.1) is 0 Å². The number of aliphatic hydroxyl groups is 1. The average Bonchev–Trinajstić information content (AvgIpc) is 2.18. The summed E-state index contributed by atoms with van der Waals surface area (Å²) >= 11 is 0. The van der Waals surface area contributed by atoms with Crippen molar-refractivity contribution in [3.63, 3.8) is 0 Å². The third-order valence-electron chi connectivity index (χ3n) is 2.60. The highest BCUT2D eigenvalue weighted by atomic mass is 16.5. The van der Waals surface area contributed by atoms with Gasteiger partial charge in [0.25, 0.3) is 0 Å². The summed E-state index contributed by atoms with van der Waals surface area (Å²) in [5, 5.41) is 9.20. The molecule has 0 aromatic carbocycles. The van der Waals surface area contributed by atoms with Crippen molar-refractivity contribution in [2.24, 2.45) is 11.8 Å². The summed E-state index contributed by atoms with van der Waals surface area (Å²) in [6.07, 6.45) is 1.95. The van der Waals surface area contributed by atoms with Gasteiger partial charge in [-0.15, -0.1) is 0 Å². The summed E-state index contributed by atoms with van der Waals surface area (Å²) in [5.41, 5.74) is 0. The average molecular weight is 216 g/mol. The molecule has 0 aliphatic carbocycles. The molecule has 0 aliphatic rings. The van der Waals surface area contributed by atoms with Crippen molar-refractivity contribution in [1.82, 2.24) is 0 Å². The summed E-state index contributed by atoms with van der Waals surface area (Å²) in [5.74, 6) is 0.164. The summed E-state index contributed by atoms with van der Waals surface area (Å²) in [4.78, 5) is 11.4. The van der Waals surface area contributed by atoms with Crippen LogP contribution in [0.2, 0.25) is 0 Å². The van der Waals surface area contributed by atoms with E-state index < -0.39 is 0 Å². The zero-order valence-electron chi connectivity index (χ0n) is 10.3. The van der Waals surface area contributed by atoms with Crippen LogP contribution >= 0.6 is 0 Å². The van der Waals surface area contributed by atoms with Crippen molar-refractivity contribution >= 4 is 5.97 Å². The van der Waals surface area contributed by atoms with E-state index in [0.29, 0.717) is 6.42 Å². The fourth-order valence-corrected chi connectivity index (χ4v) is 1.66. The second-order valence-corrected chi connectivity index (χ2v) is 4.30. The maximum absolute atomic E-state index is 11.4. The topological polar surface area (TPSA) is 46.5 Å². The predicted octanol–water partition coefficient (Wildman–Crippen LogP) is 2.37. The lowest BCUT2D eigenvalue weighted by Crippen LogP contribution is -2.33. The lowest BCUT2D eigenvalue weighted by atomic mass is 9.91. The Hall–Kier alpha value is -0.570. The van der Waals surface area contributed by atoms with Crippen LogP contribution in [0.5, 0.6) is 0 Å². The zero-order valence-corrected chi connectivity index (χ0v) is 10.3. The third kappa shape index (κ3) is 5.17. The molecule has 0 saturated carbocycles. The van der Waals surface area contributed by atoms with E-state index in [1.165, 1.54) is 0 Å². The number of aliphatic hydroxyl groups excluding tert-OH is 1. The number of rotatable bonds is 7. The number of carbonyl (C=O) groups is 1. The largest absolute Gasteiger partial charge is 0.462 e. The van der Waals surface area contributed by atoms with E-state index in [0.717, 1.165) is 12.8 Å². The second-order valence-electron chi connectivity index (χ2n) is 4.30. The monoisotopic (exact) mass is 216 g/mol. The molecule has 0 bridgehead atoms. The molecule has 15 heavy (non-hydrogen) atoms. The van der Waals surface area contributed by atoms with Crippen LogP contribution in [0.25, 0.3) is 0 Å². The SMILES string of the molecule is CCCC(=O)OC(C(C)C)C(CC)CO. The maximum atomic E-state index is 11.4. The van der Waals surface area contributed by atoms with E-state index in [1.807, 2.05) is 27.7 Å². The van der Waals surface area contributed by atoms with Crippen molar-refractivity contribution in [3.05, 3.63) is 0 Å². The first-order chi connectivity index (χ1) is 7.06. The van der Waals surface area contributed by atoms with Gasteiger partial charge in [0.1, 0.15) is 6.10 Å². The van der Waals surface area contributed by atoms with Gasteiger partial charge in [-0.1, -0.05) is 27.7 Å². The van der Waals surface area contributed by atoms with Gasteiger partial charge in [0, 0.05) is 18.9 Å². The number of carbonyl (C=O) groups excluding carboxylic acids is 1. The molecule has 0 fully saturated rings. The Bertz CT molecular complexity index is 174. The molecule has 3 heteroatoms. The molecule has 0 aromatic rings. The Labute approximate surface area is 92.8 Å². The fourth-order valence-electron chi connectivity index (χ4n) is 1.66. The van der Waals surface area contributed by atoms with Gasteiger partial charge in [-0.3, -0.25) is 4.79 Å². The summed E-state index contributed by atoms with van der Waals surface area (Å²) in [6, 6.07) is 0. The van der Waals surface area contributed by atoms with Gasteiger partial charge in [0.2, 0.25) is 0 Å². The van der Waals surface area contributed by atoms with Crippen LogP contribution in [0.15, 0.2) is 0 Å². The van der Waals surface area contributed by atoms with Crippen LogP contribution in [-0.4, -0.2) is 23.8 Å². The Morgan fingerprint density at radius 2 is 1.93 bits per heavy atom. The van der Waals surface area contributed by atoms with Gasteiger partial charge in [0.15, 0.2) is 0 Å². The van der Waals surface area contributed by atoms with Crippen LogP contribution in [0.1, 0.15) is 47.0 Å². The van der Waals surface area contributed by atoms with E-state index in [9.17, 15) is 9.90 Å². The van der Waals surface area contributed by atoms with E-state index in [2.05, 4.69) is 0 Å². The lowest BCUT2D eigenvalue weighted by molar-refractivity contribution is -0.155. The minimum Gasteiger partial charge on any atom is -0.462 e. The molecule has 0 aromatic heterocycles. The molecule has 0 rings (SSSR count). The third-order valence-corrected chi connectivity index (χ3v) is 2.60. The standard InChI is InChI=1S/C12H24O3/c1-5-7-11(14)15-12(9(3)4)10(6-2)8-13/h9-10,12-13H,5-8H2,1-4H3. The van der Waals surface area contributed by atoms with Crippen LogP contribution in [-0.2, 0) is 9.53 Å². The summed E-state index contributed by atoms with van der Waals surface area (Å²) in [7, 11) is 0. The van der Waals surface area contributed by atoms with E-state index in [1.54, 1.807) is 0 Å². The first kappa shape index (κ1) is 14.4. The summed E-state index contributed by atoms with van der Waals surface area (Å²) in [6.45, 7) is 8.07. The van der Waals surface area contributed by atoms with Crippen LogP contribution in [0, 0.1) is 11.8 Å². The first-order valence-corrected chi connectivity index (χ1v) is 5.87. The molecule has 0 heterocycles. The molecule has 0 spiro atoms. The Balaban J connectivity index is 4.32. The van der Waals surface area contributed by atoms with Crippen LogP contribution in [0.4, 0.5) is 0 Å². The van der Waals surface area contributed by atoms with E-state index in [-0.39, 0.29) is 30.5 Å². The molecule has 3 nitrogen and oxygen atoms in total. The summed E-state index contributed by atoms with van der Waals surface area (Å²) < 4.78 is 5.40. The maximum Gasteiger partial charge on any atom is 0.306 e. The molecule has 90 valence electrons. The van der Waals surface area contributed by atoms with Crippen molar-refractivity contribution in [3.8, 4) is 0 Å². The molecular weight excluding hydrogens is 192 g/mol. The van der Waals surface area contributed by atoms with Crippen LogP contribution in [0.3, 0.4) is 0 Å². The number of hydrogen-bond donors (Lipinski definition) is 1. The van der Waals surface area contributed by atoms with Crippen molar-refractivity contribution < 1.29 is 14.6 Å². The van der Waals surface area contributed by atoms with Crippen molar-refractivity contribution in [1.29, 1.82) is 0 Å². The Kier molecular flexibility index (Phi) is 7.39. The van der Waals surface area contributed by atoms with E-state index >= 15 is 0 Å². The molecular formula is C12H24O3. The fraction of sp³-hybridized carbons (Fsp3) is 0.917. The molecule has 0 aliphatic heterocycles. The van der Waals surface area contributed by atoms with Crippen molar-refractivity contribution in [2.75, 3.05) is 6.61 Å². The highest BCUT2D eigenvalue weighted by Crippen LogP contribution is 2.20. The molecule has 0 amide bonds. The molecule has 1 N–H and O–H groups in total. The van der Waals surface area contributed by atoms with Gasteiger partial charge in [-0.05, 0) is 18.8 Å². The predicted molar refractivity (Wildman–Crippen MR) is 60.5 cm³/mol. The van der Waals surface area contributed by atoms with Crippen LogP contribution < -0.4 is 0 Å².